The first-order valence-electron chi connectivity index (χ1n) is 7.06. The van der Waals surface area contributed by atoms with Gasteiger partial charge >= 0.3 is 0 Å². The van der Waals surface area contributed by atoms with E-state index >= 15 is 0 Å². The monoisotopic (exact) mass is 279 g/mol. The Morgan fingerprint density at radius 2 is 1.84 bits per heavy atom. The van der Waals surface area contributed by atoms with Crippen LogP contribution in [0.1, 0.15) is 37.3 Å². The normalized spacial score (nSPS) is 19.3. The third kappa shape index (κ3) is 3.01. The van der Waals surface area contributed by atoms with Gasteiger partial charge in [-0.3, -0.25) is 4.79 Å². The number of benzene rings is 1. The van der Waals surface area contributed by atoms with E-state index in [1.54, 1.807) is 0 Å². The molecule has 19 heavy (non-hydrogen) atoms. The Bertz CT molecular complexity index is 433. The molecule has 1 aromatic rings. The minimum absolute atomic E-state index is 0.205. The Morgan fingerprint density at radius 1 is 1.26 bits per heavy atom. The van der Waals surface area contributed by atoms with E-state index in [9.17, 15) is 4.79 Å². The first-order chi connectivity index (χ1) is 9.08. The minimum Gasteiger partial charge on any atom is -0.306 e. The van der Waals surface area contributed by atoms with Crippen LogP contribution in [0.2, 0.25) is 0 Å². The van der Waals surface area contributed by atoms with Crippen LogP contribution in [0.5, 0.6) is 0 Å². The van der Waals surface area contributed by atoms with Crippen LogP contribution >= 0.6 is 11.6 Å². The molecule has 0 aliphatic carbocycles. The van der Waals surface area contributed by atoms with Crippen LogP contribution in [0, 0.1) is 0 Å². The number of hydrogen-bond acceptors (Lipinski definition) is 2. The third-order valence-electron chi connectivity index (χ3n) is 4.26. The van der Waals surface area contributed by atoms with Crippen molar-refractivity contribution in [3.8, 4) is 0 Å². The van der Waals surface area contributed by atoms with E-state index in [0.717, 1.165) is 44.3 Å². The van der Waals surface area contributed by atoms with Crippen LogP contribution in [0.4, 0.5) is 0 Å². The van der Waals surface area contributed by atoms with Crippen LogP contribution in [0.3, 0.4) is 0 Å². The molecule has 0 amide bonds. The second kappa shape index (κ2) is 6.06. The molecule has 2 rings (SSSR count). The Morgan fingerprint density at radius 3 is 2.32 bits per heavy atom. The van der Waals surface area contributed by atoms with Gasteiger partial charge in [0.25, 0.3) is 0 Å². The summed E-state index contributed by atoms with van der Waals surface area (Å²) in [5.41, 5.74) is 1.94. The zero-order chi connectivity index (χ0) is 13.9. The Balaban J connectivity index is 2.26. The zero-order valence-electron chi connectivity index (χ0n) is 11.8. The van der Waals surface area contributed by atoms with Gasteiger partial charge in [0.05, 0.1) is 5.41 Å². The van der Waals surface area contributed by atoms with Crippen LogP contribution in [-0.4, -0.2) is 30.3 Å². The minimum atomic E-state index is -0.473. The van der Waals surface area contributed by atoms with E-state index in [0.29, 0.717) is 0 Å². The van der Waals surface area contributed by atoms with Crippen molar-refractivity contribution in [3.63, 3.8) is 0 Å². The number of likely N-dealkylation sites (tertiary alicyclic amines) is 1. The van der Waals surface area contributed by atoms with Gasteiger partial charge < -0.3 is 4.90 Å². The number of rotatable bonds is 4. The molecule has 1 heterocycles. The van der Waals surface area contributed by atoms with Gasteiger partial charge in [-0.1, -0.05) is 37.6 Å². The average Bonchev–Trinajstić information content (AvgIpc) is 2.41. The van der Waals surface area contributed by atoms with Crippen molar-refractivity contribution in [1.82, 2.24) is 4.90 Å². The van der Waals surface area contributed by atoms with Crippen molar-refractivity contribution in [3.05, 3.63) is 35.4 Å². The summed E-state index contributed by atoms with van der Waals surface area (Å²) in [6.45, 7) is 4.03. The molecule has 0 N–H and O–H groups in total. The summed E-state index contributed by atoms with van der Waals surface area (Å²) >= 11 is 5.94. The number of aryl methyl sites for hydroxylation is 1. The van der Waals surface area contributed by atoms with E-state index in [4.69, 9.17) is 11.6 Å². The number of nitrogens with zero attached hydrogens (tertiary/aromatic N) is 1. The second-order valence-corrected chi connectivity index (χ2v) is 5.95. The predicted octanol–water partition coefficient (Wildman–Crippen LogP) is 3.37. The molecule has 1 aliphatic heterocycles. The maximum atomic E-state index is 12.0. The van der Waals surface area contributed by atoms with E-state index in [1.165, 1.54) is 5.56 Å². The summed E-state index contributed by atoms with van der Waals surface area (Å²) in [5, 5.41) is -0.205. The lowest BCUT2D eigenvalue weighted by Gasteiger charge is -2.38. The molecule has 0 bridgehead atoms. The molecule has 0 aromatic heterocycles. The van der Waals surface area contributed by atoms with Crippen molar-refractivity contribution in [1.29, 1.82) is 0 Å². The molecule has 0 radical (unpaired) electrons. The maximum absolute atomic E-state index is 12.0. The molecular formula is C16H22ClNO. The summed E-state index contributed by atoms with van der Waals surface area (Å²) in [4.78, 5) is 14.2. The fraction of sp³-hybridized carbons (Fsp3) is 0.562. The second-order valence-electron chi connectivity index (χ2n) is 5.61. The zero-order valence-corrected chi connectivity index (χ0v) is 12.5. The highest BCUT2D eigenvalue weighted by Crippen LogP contribution is 2.37. The van der Waals surface area contributed by atoms with Crippen molar-refractivity contribution in [2.24, 2.45) is 0 Å². The van der Waals surface area contributed by atoms with Gasteiger partial charge in [-0.15, -0.1) is 0 Å². The van der Waals surface area contributed by atoms with Gasteiger partial charge in [-0.2, -0.15) is 0 Å². The number of halogens is 1. The highest BCUT2D eigenvalue weighted by Gasteiger charge is 2.41. The average molecular weight is 280 g/mol. The van der Waals surface area contributed by atoms with Crippen molar-refractivity contribution in [2.75, 3.05) is 20.1 Å². The van der Waals surface area contributed by atoms with Gasteiger partial charge in [-0.05, 0) is 62.1 Å². The maximum Gasteiger partial charge on any atom is 0.232 e. The summed E-state index contributed by atoms with van der Waals surface area (Å²) in [6, 6.07) is 8.46. The summed E-state index contributed by atoms with van der Waals surface area (Å²) in [5.74, 6) is 0. The topological polar surface area (TPSA) is 20.3 Å². The van der Waals surface area contributed by atoms with Crippen molar-refractivity contribution >= 4 is 16.8 Å². The smallest absolute Gasteiger partial charge is 0.232 e. The first-order valence-corrected chi connectivity index (χ1v) is 7.44. The van der Waals surface area contributed by atoms with Crippen LogP contribution in [0.15, 0.2) is 24.3 Å². The van der Waals surface area contributed by atoms with Crippen LogP contribution in [-0.2, 0) is 16.6 Å². The standard InChI is InChI=1S/C16H22ClNO/c1-3-4-13-5-7-14(8-6-13)16(15(17)19)9-11-18(2)12-10-16/h5-8H,3-4,9-12H2,1-2H3. The van der Waals surface area contributed by atoms with Crippen molar-refractivity contribution < 1.29 is 4.79 Å². The Kier molecular flexibility index (Phi) is 4.64. The Hall–Kier alpha value is -0.860. The van der Waals surface area contributed by atoms with Gasteiger partial charge in [0.2, 0.25) is 5.24 Å². The summed E-state index contributed by atoms with van der Waals surface area (Å²) < 4.78 is 0. The van der Waals surface area contributed by atoms with Gasteiger partial charge in [0.15, 0.2) is 0 Å². The highest BCUT2D eigenvalue weighted by molar-refractivity contribution is 6.65. The summed E-state index contributed by atoms with van der Waals surface area (Å²) in [7, 11) is 2.09. The van der Waals surface area contributed by atoms with E-state index in [1.807, 2.05) is 0 Å². The fourth-order valence-electron chi connectivity index (χ4n) is 2.88. The third-order valence-corrected chi connectivity index (χ3v) is 4.62. The van der Waals surface area contributed by atoms with Crippen LogP contribution < -0.4 is 0 Å². The molecule has 2 nitrogen and oxygen atoms in total. The molecule has 0 saturated carbocycles. The lowest BCUT2D eigenvalue weighted by atomic mass is 9.73. The van der Waals surface area contributed by atoms with E-state index in [-0.39, 0.29) is 5.24 Å². The molecule has 0 atom stereocenters. The van der Waals surface area contributed by atoms with E-state index in [2.05, 4.69) is 43.1 Å². The molecular weight excluding hydrogens is 258 g/mol. The largest absolute Gasteiger partial charge is 0.306 e. The molecule has 104 valence electrons. The van der Waals surface area contributed by atoms with Gasteiger partial charge in [-0.25, -0.2) is 0 Å². The number of carbonyl (C=O) groups is 1. The molecule has 1 saturated heterocycles. The molecule has 3 heteroatoms. The van der Waals surface area contributed by atoms with Gasteiger partial charge in [0, 0.05) is 0 Å². The number of hydrogen-bond donors (Lipinski definition) is 0. The lowest BCUT2D eigenvalue weighted by molar-refractivity contribution is -0.118. The first kappa shape index (κ1) is 14.5. The van der Waals surface area contributed by atoms with Crippen molar-refractivity contribution in [2.45, 2.75) is 38.0 Å². The summed E-state index contributed by atoms with van der Waals surface area (Å²) in [6.07, 6.45) is 3.87. The molecule has 1 aliphatic rings. The Labute approximate surface area is 120 Å². The number of piperidine rings is 1. The number of carbonyl (C=O) groups excluding carboxylic acids is 1. The van der Waals surface area contributed by atoms with Crippen LogP contribution in [0.25, 0.3) is 0 Å². The lowest BCUT2D eigenvalue weighted by Crippen LogP contribution is -2.44. The fourth-order valence-corrected chi connectivity index (χ4v) is 3.18. The predicted molar refractivity (Wildman–Crippen MR) is 79.7 cm³/mol. The SMILES string of the molecule is CCCc1ccc(C2(C(=O)Cl)CCN(C)CC2)cc1. The molecule has 1 aromatic carbocycles. The van der Waals surface area contributed by atoms with Gasteiger partial charge in [0.1, 0.15) is 0 Å². The quantitative estimate of drug-likeness (QED) is 0.788. The van der Waals surface area contributed by atoms with E-state index < -0.39 is 5.41 Å². The molecule has 0 unspecified atom stereocenters. The molecule has 1 fully saturated rings. The molecule has 0 spiro atoms. The highest BCUT2D eigenvalue weighted by atomic mass is 35.5.